The molecule has 0 saturated carbocycles. The van der Waals surface area contributed by atoms with Gasteiger partial charge in [-0.1, -0.05) is 0 Å². The van der Waals surface area contributed by atoms with E-state index in [1.165, 1.54) is 32.6 Å². The van der Waals surface area contributed by atoms with Gasteiger partial charge >= 0.3 is 0 Å². The van der Waals surface area contributed by atoms with Crippen molar-refractivity contribution >= 4 is 41.3 Å². The molecule has 1 aliphatic rings. The Morgan fingerprint density at radius 3 is 2.49 bits per heavy atom. The van der Waals surface area contributed by atoms with E-state index in [4.69, 9.17) is 19.6 Å². The summed E-state index contributed by atoms with van der Waals surface area (Å²) in [5.41, 5.74) is 5.96. The van der Waals surface area contributed by atoms with E-state index >= 15 is 0 Å². The van der Waals surface area contributed by atoms with Crippen LogP contribution < -0.4 is 25.4 Å². The van der Waals surface area contributed by atoms with E-state index in [1.54, 1.807) is 18.2 Å². The zero-order valence-electron chi connectivity index (χ0n) is 19.6. The van der Waals surface area contributed by atoms with Gasteiger partial charge in [0, 0.05) is 38.3 Å². The first kappa shape index (κ1) is 24.3. The molecule has 0 spiro atoms. The molecule has 1 fully saturated rings. The van der Waals surface area contributed by atoms with Crippen LogP contribution in [-0.4, -0.2) is 78.2 Å². The highest BCUT2D eigenvalue weighted by molar-refractivity contribution is 7.99. The zero-order chi connectivity index (χ0) is 24.8. The molecule has 0 radical (unpaired) electrons. The van der Waals surface area contributed by atoms with Crippen molar-refractivity contribution in [2.75, 3.05) is 63.4 Å². The highest BCUT2D eigenvalue weighted by atomic mass is 32.2. The quantitative estimate of drug-likeness (QED) is 0.346. The molecule has 12 nitrogen and oxygen atoms in total. The molecule has 0 bridgehead atoms. The first-order valence-corrected chi connectivity index (χ1v) is 11.6. The van der Waals surface area contributed by atoms with E-state index in [1.807, 2.05) is 0 Å². The largest absolute Gasteiger partial charge is 0.480 e. The van der Waals surface area contributed by atoms with Gasteiger partial charge < -0.3 is 34.7 Å². The summed E-state index contributed by atoms with van der Waals surface area (Å²) in [7, 11) is 5.13. The normalized spacial score (nSPS) is 14.3. The van der Waals surface area contributed by atoms with Crippen molar-refractivity contribution in [2.24, 2.45) is 0 Å². The highest BCUT2D eigenvalue weighted by Gasteiger charge is 2.24. The number of hydrogen-bond donors (Lipinski definition) is 2. The minimum atomic E-state index is -0.398. The average molecular weight is 499 g/mol. The molecule has 0 unspecified atom stereocenters. The maximum absolute atomic E-state index is 12.3. The lowest BCUT2D eigenvalue weighted by Crippen LogP contribution is -2.45. The fourth-order valence-electron chi connectivity index (χ4n) is 3.27. The number of furan rings is 1. The molecular weight excluding hydrogens is 472 g/mol. The van der Waals surface area contributed by atoms with Crippen LogP contribution in [-0.2, 0) is 4.79 Å². The van der Waals surface area contributed by atoms with Gasteiger partial charge in [-0.05, 0) is 37.0 Å². The Bertz CT molecular complexity index is 1170. The summed E-state index contributed by atoms with van der Waals surface area (Å²) in [5.74, 6) is 1.76. The molecule has 184 valence electrons. The number of hydrogen-bond acceptors (Lipinski definition) is 12. The molecule has 0 atom stereocenters. The molecule has 4 heterocycles. The van der Waals surface area contributed by atoms with Crippen molar-refractivity contribution in [2.45, 2.75) is 10.1 Å². The van der Waals surface area contributed by atoms with Crippen LogP contribution in [0.1, 0.15) is 5.76 Å². The van der Waals surface area contributed by atoms with Gasteiger partial charge in [0.05, 0.1) is 20.5 Å². The van der Waals surface area contributed by atoms with Gasteiger partial charge in [0.15, 0.2) is 5.16 Å². The van der Waals surface area contributed by atoms with E-state index in [2.05, 4.69) is 42.1 Å². The van der Waals surface area contributed by atoms with Crippen molar-refractivity contribution in [3.8, 4) is 11.8 Å². The maximum atomic E-state index is 12.3. The molecule has 1 amide bonds. The summed E-state index contributed by atoms with van der Waals surface area (Å²) in [6.45, 7) is 3.41. The SMILES string of the molecule is COc1nc(N2CCN(C)CC2)nc(OC)c1Sc1nc(N)cc(NC(=O)/C=C/c2ccco2)n1. The Kier molecular flexibility index (Phi) is 7.67. The topological polar surface area (TPSA) is 145 Å². The van der Waals surface area contributed by atoms with Gasteiger partial charge in [-0.15, -0.1) is 0 Å². The van der Waals surface area contributed by atoms with Crippen LogP contribution in [0, 0.1) is 0 Å². The number of nitrogens with two attached hydrogens (primary N) is 1. The van der Waals surface area contributed by atoms with Gasteiger partial charge in [0.2, 0.25) is 23.6 Å². The maximum Gasteiger partial charge on any atom is 0.249 e. The number of carbonyl (C=O) groups excluding carboxylic acids is 1. The second kappa shape index (κ2) is 11.1. The predicted octanol–water partition coefficient (Wildman–Crippen LogP) is 2.01. The van der Waals surface area contributed by atoms with Crippen LogP contribution in [0.3, 0.4) is 0 Å². The van der Waals surface area contributed by atoms with Crippen molar-refractivity contribution < 1.29 is 18.7 Å². The number of ether oxygens (including phenoxy) is 2. The number of anilines is 3. The van der Waals surface area contributed by atoms with E-state index in [0.29, 0.717) is 28.4 Å². The third-order valence-corrected chi connectivity index (χ3v) is 6.00. The number of nitrogens with zero attached hydrogens (tertiary/aromatic N) is 6. The molecule has 0 aliphatic carbocycles. The highest BCUT2D eigenvalue weighted by Crippen LogP contribution is 2.40. The summed E-state index contributed by atoms with van der Waals surface area (Å²) in [6.07, 6.45) is 4.40. The number of aromatic nitrogens is 4. The monoisotopic (exact) mass is 498 g/mol. The number of amides is 1. The van der Waals surface area contributed by atoms with Crippen LogP contribution in [0.25, 0.3) is 6.08 Å². The molecule has 1 aliphatic heterocycles. The minimum Gasteiger partial charge on any atom is -0.480 e. The van der Waals surface area contributed by atoms with Crippen LogP contribution in [0.2, 0.25) is 0 Å². The molecule has 35 heavy (non-hydrogen) atoms. The van der Waals surface area contributed by atoms with Crippen molar-refractivity contribution in [3.05, 3.63) is 36.3 Å². The van der Waals surface area contributed by atoms with Gasteiger partial charge in [-0.25, -0.2) is 9.97 Å². The molecule has 3 N–H and O–H groups in total. The van der Waals surface area contributed by atoms with Crippen LogP contribution in [0.4, 0.5) is 17.6 Å². The van der Waals surface area contributed by atoms with E-state index in [0.717, 1.165) is 37.9 Å². The Balaban J connectivity index is 1.55. The first-order chi connectivity index (χ1) is 16.9. The van der Waals surface area contributed by atoms with Crippen molar-refractivity contribution in [1.29, 1.82) is 0 Å². The Morgan fingerprint density at radius 2 is 1.86 bits per heavy atom. The second-order valence-electron chi connectivity index (χ2n) is 7.56. The third-order valence-electron chi connectivity index (χ3n) is 5.08. The Hall–Kier alpha value is -3.84. The predicted molar refractivity (Wildman–Crippen MR) is 132 cm³/mol. The fraction of sp³-hybridized carbons (Fsp3) is 0.318. The smallest absolute Gasteiger partial charge is 0.249 e. The van der Waals surface area contributed by atoms with E-state index in [-0.39, 0.29) is 16.8 Å². The lowest BCUT2D eigenvalue weighted by atomic mass is 10.3. The number of carbonyl (C=O) groups is 1. The average Bonchev–Trinajstić information content (AvgIpc) is 3.37. The standard InChI is InChI=1S/C22H26N8O4S/c1-29-8-10-30(11-9-29)21-27-19(32-2)18(20(28-21)33-3)35-22-24-15(23)13-16(26-22)25-17(31)7-6-14-5-4-12-34-14/h4-7,12-13H,8-11H2,1-3H3,(H3,23,24,25,26,31)/b7-6+. The number of piperazine rings is 1. The lowest BCUT2D eigenvalue weighted by molar-refractivity contribution is -0.111. The van der Waals surface area contributed by atoms with Crippen LogP contribution >= 0.6 is 11.8 Å². The summed E-state index contributed by atoms with van der Waals surface area (Å²) < 4.78 is 16.3. The van der Waals surface area contributed by atoms with Gasteiger partial charge in [-0.3, -0.25) is 4.79 Å². The molecule has 0 aromatic carbocycles. The summed E-state index contributed by atoms with van der Waals surface area (Å²) >= 11 is 1.12. The molecule has 3 aromatic rings. The fourth-order valence-corrected chi connectivity index (χ4v) is 4.18. The van der Waals surface area contributed by atoms with E-state index < -0.39 is 5.91 Å². The number of likely N-dealkylation sites (N-methyl/N-ethyl adjacent to an activating group) is 1. The van der Waals surface area contributed by atoms with Gasteiger partial charge in [0.25, 0.3) is 0 Å². The van der Waals surface area contributed by atoms with Gasteiger partial charge in [0.1, 0.15) is 22.3 Å². The minimum absolute atomic E-state index is 0.181. The zero-order valence-corrected chi connectivity index (χ0v) is 20.4. The molecule has 4 rings (SSSR count). The molecule has 13 heteroatoms. The molecule has 1 saturated heterocycles. The van der Waals surface area contributed by atoms with Crippen molar-refractivity contribution in [3.63, 3.8) is 0 Å². The summed E-state index contributed by atoms with van der Waals surface area (Å²) in [6, 6.07) is 4.93. The Morgan fingerprint density at radius 1 is 1.14 bits per heavy atom. The lowest BCUT2D eigenvalue weighted by Gasteiger charge is -2.32. The number of methoxy groups -OCH3 is 2. The Labute approximate surface area is 206 Å². The molecule has 3 aromatic heterocycles. The number of rotatable bonds is 8. The van der Waals surface area contributed by atoms with E-state index in [9.17, 15) is 4.79 Å². The van der Waals surface area contributed by atoms with Crippen LogP contribution in [0.5, 0.6) is 11.8 Å². The number of nitrogen functional groups attached to an aromatic ring is 1. The third kappa shape index (κ3) is 6.19. The second-order valence-corrected chi connectivity index (χ2v) is 8.54. The van der Waals surface area contributed by atoms with Gasteiger partial charge in [-0.2, -0.15) is 9.97 Å². The summed E-state index contributed by atoms with van der Waals surface area (Å²) in [5, 5.41) is 2.93. The van der Waals surface area contributed by atoms with Crippen molar-refractivity contribution in [1.82, 2.24) is 24.8 Å². The first-order valence-electron chi connectivity index (χ1n) is 10.7. The summed E-state index contributed by atoms with van der Waals surface area (Å²) in [4.78, 5) is 34.9. The molecular formula is C22H26N8O4S. The van der Waals surface area contributed by atoms with Crippen LogP contribution in [0.15, 0.2) is 45.0 Å². The number of nitrogens with one attached hydrogen (secondary N) is 1.